The highest BCUT2D eigenvalue weighted by molar-refractivity contribution is 5.78. The standard InChI is InChI=1S/C16H23N3O/c17-12-13-3-5-14(6-4-13)18-10-7-15(8-11-18)19-9-1-2-16(19)20/h3-6,15H,1-2,7-12,17H2. The van der Waals surface area contributed by atoms with Gasteiger partial charge in [0, 0.05) is 44.3 Å². The van der Waals surface area contributed by atoms with E-state index in [0.29, 0.717) is 18.5 Å². The van der Waals surface area contributed by atoms with Crippen molar-refractivity contribution >= 4 is 11.6 Å². The number of nitrogens with zero attached hydrogens (tertiary/aromatic N) is 2. The second-order valence-corrected chi connectivity index (χ2v) is 5.78. The number of likely N-dealkylation sites (tertiary alicyclic amines) is 1. The molecule has 0 atom stereocenters. The Morgan fingerprint density at radius 1 is 1.10 bits per heavy atom. The molecule has 0 spiro atoms. The maximum atomic E-state index is 11.8. The lowest BCUT2D eigenvalue weighted by Crippen LogP contribution is -2.45. The maximum absolute atomic E-state index is 11.8. The Balaban J connectivity index is 1.58. The number of amides is 1. The molecule has 0 radical (unpaired) electrons. The van der Waals surface area contributed by atoms with E-state index >= 15 is 0 Å². The average Bonchev–Trinajstić information content (AvgIpc) is 2.94. The van der Waals surface area contributed by atoms with Crippen LogP contribution in [0.15, 0.2) is 24.3 Å². The Morgan fingerprint density at radius 2 is 1.80 bits per heavy atom. The number of hydrogen-bond donors (Lipinski definition) is 1. The highest BCUT2D eigenvalue weighted by Gasteiger charge is 2.30. The highest BCUT2D eigenvalue weighted by Crippen LogP contribution is 2.25. The molecule has 0 saturated carbocycles. The minimum absolute atomic E-state index is 0.357. The number of hydrogen-bond acceptors (Lipinski definition) is 3. The molecule has 0 bridgehead atoms. The Morgan fingerprint density at radius 3 is 2.35 bits per heavy atom. The first-order valence-electron chi connectivity index (χ1n) is 7.61. The molecule has 0 unspecified atom stereocenters. The molecule has 2 N–H and O–H groups in total. The third kappa shape index (κ3) is 2.66. The number of carbonyl (C=O) groups is 1. The van der Waals surface area contributed by atoms with E-state index in [9.17, 15) is 4.79 Å². The molecule has 20 heavy (non-hydrogen) atoms. The molecule has 2 saturated heterocycles. The molecular formula is C16H23N3O. The molecule has 4 heteroatoms. The summed E-state index contributed by atoms with van der Waals surface area (Å²) in [5, 5.41) is 0. The third-order valence-electron chi connectivity index (χ3n) is 4.55. The topological polar surface area (TPSA) is 49.6 Å². The van der Waals surface area contributed by atoms with Crippen LogP contribution in [0.25, 0.3) is 0 Å². The summed E-state index contributed by atoms with van der Waals surface area (Å²) < 4.78 is 0. The average molecular weight is 273 g/mol. The minimum Gasteiger partial charge on any atom is -0.371 e. The molecule has 2 aliphatic heterocycles. The minimum atomic E-state index is 0.357. The van der Waals surface area contributed by atoms with Gasteiger partial charge in [-0.15, -0.1) is 0 Å². The van der Waals surface area contributed by atoms with Gasteiger partial charge in [0.05, 0.1) is 0 Å². The summed E-state index contributed by atoms with van der Waals surface area (Å²) in [5.74, 6) is 0.357. The van der Waals surface area contributed by atoms with Gasteiger partial charge in [0.2, 0.25) is 5.91 Å². The molecule has 0 aliphatic carbocycles. The molecule has 4 nitrogen and oxygen atoms in total. The van der Waals surface area contributed by atoms with Crippen LogP contribution in [0, 0.1) is 0 Å². The third-order valence-corrected chi connectivity index (χ3v) is 4.55. The van der Waals surface area contributed by atoms with E-state index in [-0.39, 0.29) is 0 Å². The lowest BCUT2D eigenvalue weighted by atomic mass is 10.0. The van der Waals surface area contributed by atoms with Crippen LogP contribution in [0.1, 0.15) is 31.2 Å². The Labute approximate surface area is 120 Å². The zero-order chi connectivity index (χ0) is 13.9. The zero-order valence-corrected chi connectivity index (χ0v) is 11.9. The number of anilines is 1. The van der Waals surface area contributed by atoms with Crippen molar-refractivity contribution in [2.24, 2.45) is 5.73 Å². The van der Waals surface area contributed by atoms with Gasteiger partial charge in [-0.3, -0.25) is 4.79 Å². The van der Waals surface area contributed by atoms with Gasteiger partial charge in [-0.05, 0) is 37.0 Å². The highest BCUT2D eigenvalue weighted by atomic mass is 16.2. The van der Waals surface area contributed by atoms with Crippen molar-refractivity contribution in [1.82, 2.24) is 4.90 Å². The molecule has 1 aromatic rings. The maximum Gasteiger partial charge on any atom is 0.222 e. The van der Waals surface area contributed by atoms with Gasteiger partial charge in [-0.2, -0.15) is 0 Å². The van der Waals surface area contributed by atoms with Crippen molar-refractivity contribution in [1.29, 1.82) is 0 Å². The van der Waals surface area contributed by atoms with E-state index in [2.05, 4.69) is 34.1 Å². The first-order valence-corrected chi connectivity index (χ1v) is 7.61. The Kier molecular flexibility index (Phi) is 3.92. The summed E-state index contributed by atoms with van der Waals surface area (Å²) in [5.41, 5.74) is 8.07. The number of benzene rings is 1. The number of rotatable bonds is 3. The molecule has 1 amide bonds. The lowest BCUT2D eigenvalue weighted by molar-refractivity contribution is -0.130. The van der Waals surface area contributed by atoms with Crippen LogP contribution >= 0.6 is 0 Å². The van der Waals surface area contributed by atoms with Crippen LogP contribution in [0.5, 0.6) is 0 Å². The van der Waals surface area contributed by atoms with Crippen LogP contribution < -0.4 is 10.6 Å². The monoisotopic (exact) mass is 273 g/mol. The SMILES string of the molecule is NCc1ccc(N2CCC(N3CCCC3=O)CC2)cc1. The first-order chi connectivity index (χ1) is 9.78. The fourth-order valence-electron chi connectivity index (χ4n) is 3.33. The Bertz CT molecular complexity index is 463. The van der Waals surface area contributed by atoms with Crippen molar-refractivity contribution in [2.45, 2.75) is 38.3 Å². The number of nitrogens with two attached hydrogens (primary N) is 1. The fraction of sp³-hybridized carbons (Fsp3) is 0.562. The van der Waals surface area contributed by atoms with Crippen molar-refractivity contribution in [3.8, 4) is 0 Å². The zero-order valence-electron chi connectivity index (χ0n) is 11.9. The molecule has 2 heterocycles. The van der Waals surface area contributed by atoms with E-state index in [1.54, 1.807) is 0 Å². The molecule has 0 aromatic heterocycles. The normalized spacial score (nSPS) is 20.8. The van der Waals surface area contributed by atoms with Gasteiger partial charge in [0.25, 0.3) is 0 Å². The summed E-state index contributed by atoms with van der Waals surface area (Å²) in [6, 6.07) is 8.98. The molecule has 3 rings (SSSR count). The predicted molar refractivity (Wildman–Crippen MR) is 80.5 cm³/mol. The summed E-state index contributed by atoms with van der Waals surface area (Å²) >= 11 is 0. The van der Waals surface area contributed by atoms with Gasteiger partial charge in [0.1, 0.15) is 0 Å². The van der Waals surface area contributed by atoms with Crippen LogP contribution in [-0.4, -0.2) is 36.5 Å². The first kappa shape index (κ1) is 13.4. The van der Waals surface area contributed by atoms with E-state index in [0.717, 1.165) is 45.3 Å². The second-order valence-electron chi connectivity index (χ2n) is 5.78. The van der Waals surface area contributed by atoms with Gasteiger partial charge in [-0.25, -0.2) is 0 Å². The molecule has 1 aromatic carbocycles. The summed E-state index contributed by atoms with van der Waals surface area (Å²) in [6.45, 7) is 3.64. The quantitative estimate of drug-likeness (QED) is 0.912. The Hall–Kier alpha value is -1.55. The smallest absolute Gasteiger partial charge is 0.222 e. The second kappa shape index (κ2) is 5.83. The fourth-order valence-corrected chi connectivity index (χ4v) is 3.33. The van der Waals surface area contributed by atoms with E-state index in [1.807, 2.05) is 0 Å². The van der Waals surface area contributed by atoms with Crippen molar-refractivity contribution in [3.05, 3.63) is 29.8 Å². The van der Waals surface area contributed by atoms with Crippen molar-refractivity contribution in [3.63, 3.8) is 0 Å². The largest absolute Gasteiger partial charge is 0.371 e. The molecule has 2 aliphatic rings. The van der Waals surface area contributed by atoms with Crippen LogP contribution in [0.3, 0.4) is 0 Å². The molecule has 108 valence electrons. The van der Waals surface area contributed by atoms with E-state index < -0.39 is 0 Å². The van der Waals surface area contributed by atoms with Crippen LogP contribution in [0.4, 0.5) is 5.69 Å². The number of carbonyl (C=O) groups excluding carboxylic acids is 1. The van der Waals surface area contributed by atoms with Crippen molar-refractivity contribution in [2.75, 3.05) is 24.5 Å². The van der Waals surface area contributed by atoms with Crippen LogP contribution in [0.2, 0.25) is 0 Å². The molecule has 2 fully saturated rings. The molecular weight excluding hydrogens is 250 g/mol. The predicted octanol–water partition coefficient (Wildman–Crippen LogP) is 1.74. The van der Waals surface area contributed by atoms with Crippen molar-refractivity contribution < 1.29 is 4.79 Å². The van der Waals surface area contributed by atoms with Gasteiger partial charge < -0.3 is 15.5 Å². The van der Waals surface area contributed by atoms with E-state index in [4.69, 9.17) is 5.73 Å². The lowest BCUT2D eigenvalue weighted by Gasteiger charge is -2.37. The number of piperidine rings is 1. The van der Waals surface area contributed by atoms with Crippen LogP contribution in [-0.2, 0) is 11.3 Å². The van der Waals surface area contributed by atoms with Gasteiger partial charge >= 0.3 is 0 Å². The summed E-state index contributed by atoms with van der Waals surface area (Å²) in [6.07, 6.45) is 3.97. The van der Waals surface area contributed by atoms with Gasteiger partial charge in [0.15, 0.2) is 0 Å². The van der Waals surface area contributed by atoms with Gasteiger partial charge in [-0.1, -0.05) is 12.1 Å². The van der Waals surface area contributed by atoms with E-state index in [1.165, 1.54) is 11.3 Å². The summed E-state index contributed by atoms with van der Waals surface area (Å²) in [7, 11) is 0. The summed E-state index contributed by atoms with van der Waals surface area (Å²) in [4.78, 5) is 16.3.